The molecule has 5 nitrogen and oxygen atoms in total. The van der Waals surface area contributed by atoms with E-state index in [2.05, 4.69) is 25.9 Å². The number of rotatable bonds is 2. The summed E-state index contributed by atoms with van der Waals surface area (Å²) < 4.78 is 6.04. The largest absolute Gasteiger partial charge is 0.438 e. The van der Waals surface area contributed by atoms with Crippen LogP contribution in [0.25, 0.3) is 0 Å². The first kappa shape index (κ1) is 10.7. The molecule has 16 heavy (non-hydrogen) atoms. The molecule has 2 rings (SSSR count). The minimum absolute atomic E-state index is 0.328. The van der Waals surface area contributed by atoms with E-state index < -0.39 is 0 Å². The van der Waals surface area contributed by atoms with Crippen molar-refractivity contribution in [1.29, 1.82) is 0 Å². The zero-order chi connectivity index (χ0) is 11.5. The second kappa shape index (κ2) is 4.36. The van der Waals surface area contributed by atoms with Gasteiger partial charge in [-0.15, -0.1) is 0 Å². The Balaban J connectivity index is 2.31. The number of nitrogens with two attached hydrogens (primary N) is 2. The van der Waals surface area contributed by atoms with Crippen molar-refractivity contribution in [3.8, 4) is 11.6 Å². The molecule has 82 valence electrons. The summed E-state index contributed by atoms with van der Waals surface area (Å²) in [6.45, 7) is 0. The quantitative estimate of drug-likeness (QED) is 0.824. The zero-order valence-corrected chi connectivity index (χ0v) is 9.81. The minimum atomic E-state index is 0.328. The SMILES string of the molecule is Nc1cccc(Oc2ncnc(N)c2Br)c1. The third-order valence-electron chi connectivity index (χ3n) is 1.86. The highest BCUT2D eigenvalue weighted by Gasteiger charge is 2.08. The van der Waals surface area contributed by atoms with Gasteiger partial charge in [-0.2, -0.15) is 0 Å². The average Bonchev–Trinajstić information content (AvgIpc) is 2.25. The second-order valence-corrected chi connectivity index (χ2v) is 3.85. The van der Waals surface area contributed by atoms with Crippen LogP contribution in [-0.2, 0) is 0 Å². The molecule has 0 saturated carbocycles. The minimum Gasteiger partial charge on any atom is -0.438 e. The lowest BCUT2D eigenvalue weighted by Gasteiger charge is -2.07. The van der Waals surface area contributed by atoms with E-state index in [0.29, 0.717) is 27.6 Å². The molecule has 0 unspecified atom stereocenters. The molecule has 4 N–H and O–H groups in total. The summed E-state index contributed by atoms with van der Waals surface area (Å²) in [6.07, 6.45) is 1.34. The maximum absolute atomic E-state index is 5.63. The number of aromatic nitrogens is 2. The Hall–Kier alpha value is -1.82. The van der Waals surface area contributed by atoms with Gasteiger partial charge in [0.25, 0.3) is 0 Å². The fourth-order valence-corrected chi connectivity index (χ4v) is 1.41. The molecule has 2 aromatic rings. The molecule has 6 heteroatoms. The molecule has 0 saturated heterocycles. The van der Waals surface area contributed by atoms with Gasteiger partial charge in [0.15, 0.2) is 0 Å². The van der Waals surface area contributed by atoms with Crippen LogP contribution in [0.3, 0.4) is 0 Å². The molecule has 0 amide bonds. The third kappa shape index (κ3) is 2.22. The second-order valence-electron chi connectivity index (χ2n) is 3.05. The smallest absolute Gasteiger partial charge is 0.238 e. The van der Waals surface area contributed by atoms with Crippen LogP contribution in [0.2, 0.25) is 0 Å². The van der Waals surface area contributed by atoms with Crippen LogP contribution in [0.15, 0.2) is 35.1 Å². The van der Waals surface area contributed by atoms with E-state index in [9.17, 15) is 0 Å². The number of hydrogen-bond acceptors (Lipinski definition) is 5. The maximum atomic E-state index is 5.63. The van der Waals surface area contributed by atoms with E-state index in [0.717, 1.165) is 0 Å². The summed E-state index contributed by atoms with van der Waals surface area (Å²) in [4.78, 5) is 7.78. The normalized spacial score (nSPS) is 10.1. The van der Waals surface area contributed by atoms with E-state index in [1.165, 1.54) is 6.33 Å². The Morgan fingerprint density at radius 3 is 2.75 bits per heavy atom. The molecule has 0 atom stereocenters. The van der Waals surface area contributed by atoms with E-state index >= 15 is 0 Å². The van der Waals surface area contributed by atoms with Crippen LogP contribution in [0.4, 0.5) is 11.5 Å². The van der Waals surface area contributed by atoms with Crippen LogP contribution < -0.4 is 16.2 Å². The summed E-state index contributed by atoms with van der Waals surface area (Å²) in [5.74, 6) is 1.28. The first-order valence-corrected chi connectivity index (χ1v) is 5.25. The summed E-state index contributed by atoms with van der Waals surface area (Å²) in [5, 5.41) is 0. The summed E-state index contributed by atoms with van der Waals surface area (Å²) in [5.41, 5.74) is 11.9. The average molecular weight is 281 g/mol. The number of anilines is 2. The van der Waals surface area contributed by atoms with Crippen LogP contribution in [0.5, 0.6) is 11.6 Å². The van der Waals surface area contributed by atoms with Crippen molar-refractivity contribution in [3.05, 3.63) is 35.1 Å². The lowest BCUT2D eigenvalue weighted by molar-refractivity contribution is 0.459. The Kier molecular flexibility index (Phi) is 2.91. The van der Waals surface area contributed by atoms with Gasteiger partial charge in [-0.25, -0.2) is 9.97 Å². The Bertz CT molecular complexity index is 518. The number of halogens is 1. The third-order valence-corrected chi connectivity index (χ3v) is 2.60. The first-order chi connectivity index (χ1) is 7.66. The van der Waals surface area contributed by atoms with Crippen molar-refractivity contribution in [1.82, 2.24) is 9.97 Å². The molecule has 0 aliphatic carbocycles. The van der Waals surface area contributed by atoms with Gasteiger partial charge in [0.05, 0.1) is 0 Å². The van der Waals surface area contributed by atoms with Gasteiger partial charge < -0.3 is 16.2 Å². The summed E-state index contributed by atoms with van der Waals surface area (Å²) in [7, 11) is 0. The van der Waals surface area contributed by atoms with E-state index in [1.807, 2.05) is 0 Å². The monoisotopic (exact) mass is 280 g/mol. The van der Waals surface area contributed by atoms with Gasteiger partial charge in [-0.1, -0.05) is 6.07 Å². The van der Waals surface area contributed by atoms with Gasteiger partial charge >= 0.3 is 0 Å². The molecule has 0 radical (unpaired) electrons. The van der Waals surface area contributed by atoms with Gasteiger partial charge in [0.2, 0.25) is 5.88 Å². The van der Waals surface area contributed by atoms with Crippen molar-refractivity contribution in [2.24, 2.45) is 0 Å². The van der Waals surface area contributed by atoms with Crippen LogP contribution in [0.1, 0.15) is 0 Å². The number of benzene rings is 1. The van der Waals surface area contributed by atoms with Crippen LogP contribution in [-0.4, -0.2) is 9.97 Å². The molecule has 1 heterocycles. The molecule has 1 aromatic carbocycles. The zero-order valence-electron chi connectivity index (χ0n) is 8.22. The first-order valence-electron chi connectivity index (χ1n) is 4.46. The molecular weight excluding hydrogens is 272 g/mol. The fraction of sp³-hybridized carbons (Fsp3) is 0. The highest BCUT2D eigenvalue weighted by atomic mass is 79.9. The topological polar surface area (TPSA) is 87.0 Å². The Labute approximate surface area is 101 Å². The lowest BCUT2D eigenvalue weighted by atomic mass is 10.3. The predicted molar refractivity (Wildman–Crippen MR) is 65.1 cm³/mol. The van der Waals surface area contributed by atoms with Crippen molar-refractivity contribution in [3.63, 3.8) is 0 Å². The van der Waals surface area contributed by atoms with E-state index in [-0.39, 0.29) is 0 Å². The molecule has 0 aliphatic rings. The van der Waals surface area contributed by atoms with E-state index in [4.69, 9.17) is 16.2 Å². The Morgan fingerprint density at radius 2 is 2.00 bits per heavy atom. The molecule has 0 fully saturated rings. The lowest BCUT2D eigenvalue weighted by Crippen LogP contribution is -1.96. The van der Waals surface area contributed by atoms with Crippen molar-refractivity contribution < 1.29 is 4.74 Å². The van der Waals surface area contributed by atoms with Crippen LogP contribution in [0, 0.1) is 0 Å². The number of nitrogens with zero attached hydrogens (tertiary/aromatic N) is 2. The van der Waals surface area contributed by atoms with Crippen molar-refractivity contribution >= 4 is 27.4 Å². The van der Waals surface area contributed by atoms with Gasteiger partial charge in [-0.3, -0.25) is 0 Å². The number of nitrogen functional groups attached to an aromatic ring is 2. The van der Waals surface area contributed by atoms with Gasteiger partial charge in [0.1, 0.15) is 22.4 Å². The number of hydrogen-bond donors (Lipinski definition) is 2. The van der Waals surface area contributed by atoms with E-state index in [1.54, 1.807) is 24.3 Å². The maximum Gasteiger partial charge on any atom is 0.238 e. The summed E-state index contributed by atoms with van der Waals surface area (Å²) in [6, 6.07) is 7.05. The van der Waals surface area contributed by atoms with Crippen LogP contribution >= 0.6 is 15.9 Å². The molecule has 1 aromatic heterocycles. The molecule has 0 spiro atoms. The molecular formula is C10H9BrN4O. The molecule has 0 aliphatic heterocycles. The summed E-state index contributed by atoms with van der Waals surface area (Å²) >= 11 is 3.25. The van der Waals surface area contributed by atoms with Gasteiger partial charge in [0, 0.05) is 11.8 Å². The van der Waals surface area contributed by atoms with Gasteiger partial charge in [-0.05, 0) is 28.1 Å². The standard InChI is InChI=1S/C10H9BrN4O/c11-8-9(13)14-5-15-10(8)16-7-3-1-2-6(12)4-7/h1-5H,12H2,(H2,13,14,15). The fourth-order valence-electron chi connectivity index (χ4n) is 1.13. The highest BCUT2D eigenvalue weighted by Crippen LogP contribution is 2.30. The molecule has 0 bridgehead atoms. The predicted octanol–water partition coefficient (Wildman–Crippen LogP) is 2.20. The number of ether oxygens (including phenoxy) is 1. The van der Waals surface area contributed by atoms with Crippen molar-refractivity contribution in [2.75, 3.05) is 11.5 Å². The Morgan fingerprint density at radius 1 is 1.19 bits per heavy atom. The highest BCUT2D eigenvalue weighted by molar-refractivity contribution is 9.10. The van der Waals surface area contributed by atoms with Crippen molar-refractivity contribution in [2.45, 2.75) is 0 Å².